The molecule has 20 heavy (non-hydrogen) atoms. The lowest BCUT2D eigenvalue weighted by atomic mass is 10.1. The SMILES string of the molecule is CCc1nnc2n1N=C(c1ccc(OC)cc1)C(C)S2. The Morgan fingerprint density at radius 2 is 2.00 bits per heavy atom. The minimum absolute atomic E-state index is 0.254. The summed E-state index contributed by atoms with van der Waals surface area (Å²) in [6.07, 6.45) is 0.821. The molecule has 0 radical (unpaired) electrons. The highest BCUT2D eigenvalue weighted by Crippen LogP contribution is 2.30. The molecule has 5 nitrogen and oxygen atoms in total. The smallest absolute Gasteiger partial charge is 0.212 e. The van der Waals surface area contributed by atoms with E-state index in [0.717, 1.165) is 34.4 Å². The summed E-state index contributed by atoms with van der Waals surface area (Å²) in [6.45, 7) is 4.19. The van der Waals surface area contributed by atoms with E-state index in [4.69, 9.17) is 9.84 Å². The Kier molecular flexibility index (Phi) is 3.48. The van der Waals surface area contributed by atoms with Crippen molar-refractivity contribution >= 4 is 17.5 Å². The third kappa shape index (κ3) is 2.20. The molecule has 1 aromatic carbocycles. The van der Waals surface area contributed by atoms with E-state index in [-0.39, 0.29) is 5.25 Å². The molecule has 1 aromatic heterocycles. The van der Waals surface area contributed by atoms with Crippen LogP contribution < -0.4 is 4.74 Å². The molecule has 6 heteroatoms. The molecule has 0 aliphatic carbocycles. The van der Waals surface area contributed by atoms with Gasteiger partial charge in [0.25, 0.3) is 0 Å². The maximum Gasteiger partial charge on any atom is 0.212 e. The van der Waals surface area contributed by atoms with Gasteiger partial charge in [-0.25, -0.2) is 0 Å². The number of aryl methyl sites for hydroxylation is 1. The van der Waals surface area contributed by atoms with E-state index in [1.54, 1.807) is 18.9 Å². The first-order valence-corrected chi connectivity index (χ1v) is 7.45. The van der Waals surface area contributed by atoms with E-state index in [2.05, 4.69) is 24.0 Å². The van der Waals surface area contributed by atoms with Crippen LogP contribution in [0.3, 0.4) is 0 Å². The Morgan fingerprint density at radius 1 is 1.25 bits per heavy atom. The van der Waals surface area contributed by atoms with Gasteiger partial charge < -0.3 is 4.74 Å². The number of benzene rings is 1. The predicted octanol–water partition coefficient (Wildman–Crippen LogP) is 2.60. The van der Waals surface area contributed by atoms with Crippen molar-refractivity contribution in [3.05, 3.63) is 35.7 Å². The van der Waals surface area contributed by atoms with Crippen LogP contribution in [-0.2, 0) is 6.42 Å². The number of aromatic nitrogens is 3. The van der Waals surface area contributed by atoms with Crippen LogP contribution in [0.5, 0.6) is 5.75 Å². The molecule has 0 fully saturated rings. The number of thioether (sulfide) groups is 1. The molecule has 1 atom stereocenters. The zero-order valence-corrected chi connectivity index (χ0v) is 12.5. The van der Waals surface area contributed by atoms with Crippen LogP contribution in [0.25, 0.3) is 0 Å². The average Bonchev–Trinajstić information content (AvgIpc) is 2.88. The van der Waals surface area contributed by atoms with Crippen LogP contribution in [0.15, 0.2) is 34.5 Å². The third-order valence-electron chi connectivity index (χ3n) is 3.25. The van der Waals surface area contributed by atoms with Gasteiger partial charge in [-0.15, -0.1) is 10.2 Å². The number of methoxy groups -OCH3 is 1. The maximum atomic E-state index is 5.19. The zero-order valence-electron chi connectivity index (χ0n) is 11.7. The summed E-state index contributed by atoms with van der Waals surface area (Å²) in [5.74, 6) is 1.75. The van der Waals surface area contributed by atoms with Crippen molar-refractivity contribution in [1.29, 1.82) is 0 Å². The van der Waals surface area contributed by atoms with E-state index < -0.39 is 0 Å². The second kappa shape index (κ2) is 5.28. The maximum absolute atomic E-state index is 5.19. The summed E-state index contributed by atoms with van der Waals surface area (Å²) >= 11 is 1.69. The van der Waals surface area contributed by atoms with Crippen LogP contribution in [0.2, 0.25) is 0 Å². The zero-order chi connectivity index (χ0) is 14.1. The summed E-state index contributed by atoms with van der Waals surface area (Å²) in [5.41, 5.74) is 2.15. The summed E-state index contributed by atoms with van der Waals surface area (Å²) in [5, 5.41) is 14.2. The van der Waals surface area contributed by atoms with Crippen molar-refractivity contribution in [2.24, 2.45) is 5.10 Å². The molecular formula is C14H16N4OS. The molecule has 0 saturated heterocycles. The van der Waals surface area contributed by atoms with Crippen molar-refractivity contribution < 1.29 is 4.74 Å². The van der Waals surface area contributed by atoms with Crippen molar-refractivity contribution in [3.63, 3.8) is 0 Å². The van der Waals surface area contributed by atoms with Gasteiger partial charge in [-0.3, -0.25) is 0 Å². The van der Waals surface area contributed by atoms with Gasteiger partial charge in [-0.05, 0) is 36.8 Å². The van der Waals surface area contributed by atoms with Crippen LogP contribution in [0, 0.1) is 0 Å². The Morgan fingerprint density at radius 3 is 2.65 bits per heavy atom. The molecule has 0 N–H and O–H groups in total. The molecule has 2 aromatic rings. The lowest BCUT2D eigenvalue weighted by molar-refractivity contribution is 0.415. The monoisotopic (exact) mass is 288 g/mol. The first kappa shape index (κ1) is 13.2. The van der Waals surface area contributed by atoms with Gasteiger partial charge in [-0.1, -0.05) is 18.7 Å². The first-order chi connectivity index (χ1) is 9.72. The second-order valence-electron chi connectivity index (χ2n) is 4.54. The normalized spacial score (nSPS) is 17.6. The van der Waals surface area contributed by atoms with E-state index in [0.29, 0.717) is 0 Å². The highest BCUT2D eigenvalue weighted by molar-refractivity contribution is 8.00. The number of rotatable bonds is 3. The van der Waals surface area contributed by atoms with Gasteiger partial charge in [0.15, 0.2) is 5.82 Å². The minimum Gasteiger partial charge on any atom is -0.497 e. The molecule has 0 spiro atoms. The topological polar surface area (TPSA) is 52.3 Å². The number of ether oxygens (including phenoxy) is 1. The lowest BCUT2D eigenvalue weighted by Crippen LogP contribution is -2.22. The van der Waals surface area contributed by atoms with Gasteiger partial charge in [0, 0.05) is 6.42 Å². The van der Waals surface area contributed by atoms with Crippen LogP contribution in [-0.4, -0.2) is 32.9 Å². The Labute approximate surface area is 122 Å². The quantitative estimate of drug-likeness (QED) is 0.871. The molecular weight excluding hydrogens is 272 g/mol. The highest BCUT2D eigenvalue weighted by atomic mass is 32.2. The summed E-state index contributed by atoms with van der Waals surface area (Å²) in [6, 6.07) is 7.99. The van der Waals surface area contributed by atoms with Gasteiger partial charge >= 0.3 is 0 Å². The van der Waals surface area contributed by atoms with Crippen molar-refractivity contribution in [2.45, 2.75) is 30.7 Å². The fourth-order valence-electron chi connectivity index (χ4n) is 2.15. The van der Waals surface area contributed by atoms with Crippen molar-refractivity contribution in [3.8, 4) is 5.75 Å². The number of fused-ring (bicyclic) bond motifs is 1. The predicted molar refractivity (Wildman–Crippen MR) is 79.6 cm³/mol. The molecule has 3 rings (SSSR count). The fraction of sp³-hybridized carbons (Fsp3) is 0.357. The Hall–Kier alpha value is -1.82. The first-order valence-electron chi connectivity index (χ1n) is 6.57. The highest BCUT2D eigenvalue weighted by Gasteiger charge is 2.25. The lowest BCUT2D eigenvalue weighted by Gasteiger charge is -2.19. The largest absolute Gasteiger partial charge is 0.497 e. The van der Waals surface area contributed by atoms with Gasteiger partial charge in [0.2, 0.25) is 5.16 Å². The molecule has 1 aliphatic heterocycles. The molecule has 2 heterocycles. The summed E-state index contributed by atoms with van der Waals surface area (Å²) in [4.78, 5) is 0. The Bertz CT molecular complexity index is 648. The van der Waals surface area contributed by atoms with E-state index in [1.807, 2.05) is 28.9 Å². The van der Waals surface area contributed by atoms with Gasteiger partial charge in [-0.2, -0.15) is 9.78 Å². The standard InChI is InChI=1S/C14H16N4OS/c1-4-12-15-16-14-18(12)17-13(9(2)20-14)10-5-7-11(19-3)8-6-10/h5-9H,4H2,1-3H3. The summed E-state index contributed by atoms with van der Waals surface area (Å²) < 4.78 is 7.04. The molecule has 1 unspecified atom stereocenters. The third-order valence-corrected chi connectivity index (χ3v) is 4.30. The molecule has 1 aliphatic rings. The van der Waals surface area contributed by atoms with Crippen LogP contribution in [0.1, 0.15) is 25.2 Å². The van der Waals surface area contributed by atoms with Crippen LogP contribution in [0.4, 0.5) is 0 Å². The molecule has 104 valence electrons. The number of hydrogen-bond donors (Lipinski definition) is 0. The second-order valence-corrected chi connectivity index (χ2v) is 5.85. The summed E-state index contributed by atoms with van der Waals surface area (Å²) in [7, 11) is 1.67. The minimum atomic E-state index is 0.254. The van der Waals surface area contributed by atoms with Gasteiger partial charge in [0.05, 0.1) is 18.1 Å². The molecule has 0 amide bonds. The molecule has 0 saturated carbocycles. The van der Waals surface area contributed by atoms with E-state index in [9.17, 15) is 0 Å². The fourth-order valence-corrected chi connectivity index (χ4v) is 3.09. The average molecular weight is 288 g/mol. The van der Waals surface area contributed by atoms with E-state index in [1.165, 1.54) is 0 Å². The number of nitrogens with zero attached hydrogens (tertiary/aromatic N) is 4. The van der Waals surface area contributed by atoms with Crippen molar-refractivity contribution in [2.75, 3.05) is 7.11 Å². The molecule has 0 bridgehead atoms. The van der Waals surface area contributed by atoms with Gasteiger partial charge in [0.1, 0.15) is 5.75 Å². The van der Waals surface area contributed by atoms with Crippen molar-refractivity contribution in [1.82, 2.24) is 14.9 Å². The number of hydrogen-bond acceptors (Lipinski definition) is 5. The van der Waals surface area contributed by atoms with E-state index >= 15 is 0 Å². The Balaban J connectivity index is 2.03. The van der Waals surface area contributed by atoms with Crippen LogP contribution >= 0.6 is 11.8 Å².